The van der Waals surface area contributed by atoms with E-state index in [1.165, 1.54) is 18.0 Å². The summed E-state index contributed by atoms with van der Waals surface area (Å²) in [4.78, 5) is 21.7. The number of hydrogen-bond acceptors (Lipinski definition) is 5. The lowest BCUT2D eigenvalue weighted by Gasteiger charge is -2.36. The van der Waals surface area contributed by atoms with Gasteiger partial charge in [0.1, 0.15) is 5.82 Å². The minimum atomic E-state index is 0.137. The van der Waals surface area contributed by atoms with E-state index < -0.39 is 0 Å². The Bertz CT molecular complexity index is 510. The van der Waals surface area contributed by atoms with Crippen molar-refractivity contribution in [2.45, 2.75) is 51.9 Å². The van der Waals surface area contributed by atoms with Crippen molar-refractivity contribution in [1.82, 2.24) is 14.3 Å². The van der Waals surface area contributed by atoms with Gasteiger partial charge in [0.25, 0.3) is 0 Å². The fraction of sp³-hybridized carbons (Fsp3) is 0.812. The maximum absolute atomic E-state index is 12.7. The highest BCUT2D eigenvalue weighted by Gasteiger charge is 2.31. The van der Waals surface area contributed by atoms with Crippen molar-refractivity contribution in [2.24, 2.45) is 5.92 Å². The lowest BCUT2D eigenvalue weighted by Crippen LogP contribution is -2.46. The fourth-order valence-electron chi connectivity index (χ4n) is 3.31. The van der Waals surface area contributed by atoms with Gasteiger partial charge in [-0.05, 0) is 32.1 Å². The van der Waals surface area contributed by atoms with Crippen molar-refractivity contribution in [2.75, 3.05) is 31.1 Å². The molecule has 0 bridgehead atoms. The van der Waals surface area contributed by atoms with Gasteiger partial charge in [0.05, 0.1) is 5.92 Å². The second-order valence-corrected chi connectivity index (χ2v) is 7.49. The molecule has 3 rings (SSSR count). The summed E-state index contributed by atoms with van der Waals surface area (Å²) < 4.78 is 4.44. The van der Waals surface area contributed by atoms with Crippen molar-refractivity contribution in [3.8, 4) is 0 Å². The van der Waals surface area contributed by atoms with E-state index in [1.807, 2.05) is 0 Å². The predicted octanol–water partition coefficient (Wildman–Crippen LogP) is 2.89. The van der Waals surface area contributed by atoms with E-state index in [2.05, 4.69) is 33.0 Å². The Morgan fingerprint density at radius 1 is 1.18 bits per heavy atom. The van der Waals surface area contributed by atoms with Gasteiger partial charge in [-0.3, -0.25) is 4.79 Å². The zero-order valence-corrected chi connectivity index (χ0v) is 14.4. The summed E-state index contributed by atoms with van der Waals surface area (Å²) in [6.45, 7) is 7.94. The molecule has 122 valence electrons. The summed E-state index contributed by atoms with van der Waals surface area (Å²) in [5, 5.41) is 0.986. The first-order chi connectivity index (χ1) is 10.6. The highest BCUT2D eigenvalue weighted by molar-refractivity contribution is 7.09. The molecule has 5 nitrogen and oxygen atoms in total. The van der Waals surface area contributed by atoms with Crippen LogP contribution in [-0.2, 0) is 4.79 Å². The van der Waals surface area contributed by atoms with Gasteiger partial charge in [0.2, 0.25) is 11.0 Å². The van der Waals surface area contributed by atoms with E-state index in [9.17, 15) is 4.79 Å². The van der Waals surface area contributed by atoms with Crippen molar-refractivity contribution in [3.05, 3.63) is 5.82 Å². The lowest BCUT2D eigenvalue weighted by molar-refractivity contribution is -0.136. The first-order valence-electron chi connectivity index (χ1n) is 8.52. The number of likely N-dealkylation sites (tertiary alicyclic amines) is 1. The van der Waals surface area contributed by atoms with Crippen LogP contribution in [0.4, 0.5) is 5.13 Å². The molecule has 22 heavy (non-hydrogen) atoms. The van der Waals surface area contributed by atoms with Crippen LogP contribution in [0.5, 0.6) is 0 Å². The number of anilines is 1. The lowest BCUT2D eigenvalue weighted by atomic mass is 9.96. The Kier molecular flexibility index (Phi) is 4.96. The van der Waals surface area contributed by atoms with Crippen molar-refractivity contribution < 1.29 is 4.79 Å². The molecule has 0 aromatic carbocycles. The van der Waals surface area contributed by atoms with E-state index in [0.29, 0.717) is 11.8 Å². The third-order valence-corrected chi connectivity index (χ3v) is 5.45. The van der Waals surface area contributed by atoms with Crippen LogP contribution < -0.4 is 4.90 Å². The molecule has 0 saturated carbocycles. The van der Waals surface area contributed by atoms with Gasteiger partial charge >= 0.3 is 0 Å². The minimum Gasteiger partial charge on any atom is -0.346 e. The molecule has 0 aliphatic carbocycles. The molecule has 1 aromatic heterocycles. The Morgan fingerprint density at radius 2 is 1.95 bits per heavy atom. The maximum atomic E-state index is 12.7. The molecule has 2 aliphatic heterocycles. The van der Waals surface area contributed by atoms with Gasteiger partial charge < -0.3 is 9.80 Å². The summed E-state index contributed by atoms with van der Waals surface area (Å²) in [5.41, 5.74) is 0. The Labute approximate surface area is 136 Å². The Hall–Kier alpha value is -1.17. The van der Waals surface area contributed by atoms with Gasteiger partial charge in [-0.2, -0.15) is 4.37 Å². The molecule has 6 heteroatoms. The quantitative estimate of drug-likeness (QED) is 0.858. The maximum Gasteiger partial charge on any atom is 0.227 e. The van der Waals surface area contributed by atoms with Gasteiger partial charge in [0.15, 0.2) is 0 Å². The SMILES string of the molecule is CC(C)c1nsc(N2CCCC(C(=O)N3CCCCC3)C2)n1. The molecule has 1 amide bonds. The predicted molar refractivity (Wildman–Crippen MR) is 89.4 cm³/mol. The first-order valence-corrected chi connectivity index (χ1v) is 9.30. The standard InChI is InChI=1S/C16H26N4OS/c1-12(2)14-17-16(22-18-14)20-10-6-7-13(11-20)15(21)19-8-4-3-5-9-19/h12-13H,3-11H2,1-2H3. The number of aromatic nitrogens is 2. The van der Waals surface area contributed by atoms with Crippen LogP contribution in [0.25, 0.3) is 0 Å². The molecule has 1 unspecified atom stereocenters. The highest BCUT2D eigenvalue weighted by atomic mass is 32.1. The van der Waals surface area contributed by atoms with E-state index in [-0.39, 0.29) is 5.92 Å². The minimum absolute atomic E-state index is 0.137. The molecule has 0 radical (unpaired) electrons. The second-order valence-electron chi connectivity index (χ2n) is 6.76. The molecule has 2 fully saturated rings. The molecule has 1 aromatic rings. The summed E-state index contributed by atoms with van der Waals surface area (Å²) in [6.07, 6.45) is 5.68. The Balaban J connectivity index is 1.64. The van der Waals surface area contributed by atoms with Crippen LogP contribution in [0.2, 0.25) is 0 Å². The third-order valence-electron chi connectivity index (χ3n) is 4.66. The number of carbonyl (C=O) groups excluding carboxylic acids is 1. The summed E-state index contributed by atoms with van der Waals surface area (Å²) >= 11 is 1.47. The molecular weight excluding hydrogens is 296 g/mol. The number of carbonyl (C=O) groups is 1. The molecule has 0 spiro atoms. The van der Waals surface area contributed by atoms with Gasteiger partial charge in [-0.15, -0.1) is 0 Å². The third kappa shape index (κ3) is 3.42. The summed E-state index contributed by atoms with van der Waals surface area (Å²) in [5.74, 6) is 1.78. The van der Waals surface area contributed by atoms with Crippen LogP contribution in [0.3, 0.4) is 0 Å². The summed E-state index contributed by atoms with van der Waals surface area (Å²) in [6, 6.07) is 0. The Morgan fingerprint density at radius 3 is 2.64 bits per heavy atom. The van der Waals surface area contributed by atoms with Crippen molar-refractivity contribution in [3.63, 3.8) is 0 Å². The zero-order chi connectivity index (χ0) is 15.5. The highest BCUT2D eigenvalue weighted by Crippen LogP contribution is 2.28. The van der Waals surface area contributed by atoms with Crippen LogP contribution in [-0.4, -0.2) is 46.3 Å². The number of piperidine rings is 2. The molecule has 2 aliphatic rings. The normalized spacial score (nSPS) is 23.1. The summed E-state index contributed by atoms with van der Waals surface area (Å²) in [7, 11) is 0. The smallest absolute Gasteiger partial charge is 0.227 e. The molecule has 0 N–H and O–H groups in total. The first kappa shape index (κ1) is 15.7. The second kappa shape index (κ2) is 6.94. The van der Waals surface area contributed by atoms with Gasteiger partial charge in [0, 0.05) is 43.6 Å². The number of nitrogens with zero attached hydrogens (tertiary/aromatic N) is 4. The number of amides is 1. The monoisotopic (exact) mass is 322 g/mol. The largest absolute Gasteiger partial charge is 0.346 e. The van der Waals surface area contributed by atoms with Crippen LogP contribution >= 0.6 is 11.5 Å². The van der Waals surface area contributed by atoms with E-state index >= 15 is 0 Å². The molecule has 2 saturated heterocycles. The van der Waals surface area contributed by atoms with Crippen LogP contribution in [0.1, 0.15) is 57.7 Å². The van der Waals surface area contributed by atoms with E-state index in [1.54, 1.807) is 0 Å². The van der Waals surface area contributed by atoms with Crippen LogP contribution in [0.15, 0.2) is 0 Å². The van der Waals surface area contributed by atoms with Crippen molar-refractivity contribution >= 4 is 22.6 Å². The molecular formula is C16H26N4OS. The topological polar surface area (TPSA) is 49.3 Å². The van der Waals surface area contributed by atoms with Gasteiger partial charge in [-0.1, -0.05) is 13.8 Å². The average Bonchev–Trinajstić information content (AvgIpc) is 3.05. The van der Waals surface area contributed by atoms with Crippen LogP contribution in [0, 0.1) is 5.92 Å². The molecule has 3 heterocycles. The zero-order valence-electron chi connectivity index (χ0n) is 13.6. The molecule has 1 atom stereocenters. The van der Waals surface area contributed by atoms with Crippen molar-refractivity contribution in [1.29, 1.82) is 0 Å². The van der Waals surface area contributed by atoms with Gasteiger partial charge in [-0.25, -0.2) is 4.98 Å². The number of hydrogen-bond donors (Lipinski definition) is 0. The number of rotatable bonds is 3. The van der Waals surface area contributed by atoms with E-state index in [4.69, 9.17) is 0 Å². The van der Waals surface area contributed by atoms with E-state index in [0.717, 1.165) is 62.8 Å². The average molecular weight is 322 g/mol. The fourth-order valence-corrected chi connectivity index (χ4v) is 4.16.